The average Bonchev–Trinajstić information content (AvgIpc) is 3.12. The van der Waals surface area contributed by atoms with Crippen molar-refractivity contribution in [2.24, 2.45) is 0 Å². The van der Waals surface area contributed by atoms with E-state index in [1.807, 2.05) is 30.7 Å². The summed E-state index contributed by atoms with van der Waals surface area (Å²) in [6, 6.07) is 3.96. The molecule has 0 spiro atoms. The second-order valence-electron chi connectivity index (χ2n) is 11.7. The van der Waals surface area contributed by atoms with E-state index in [9.17, 15) is 9.59 Å². The Kier molecular flexibility index (Phi) is 6.03. The summed E-state index contributed by atoms with van der Waals surface area (Å²) < 4.78 is 7.29. The van der Waals surface area contributed by atoms with E-state index in [1.54, 1.807) is 6.20 Å². The molecule has 0 aliphatic carbocycles. The lowest BCUT2D eigenvalue weighted by Gasteiger charge is -2.46. The number of nitrogens with zero attached hydrogens (tertiary/aromatic N) is 3. The molecule has 192 valence electrons. The van der Waals surface area contributed by atoms with Crippen LogP contribution in [0.3, 0.4) is 0 Å². The van der Waals surface area contributed by atoms with E-state index in [-0.39, 0.29) is 41.0 Å². The van der Waals surface area contributed by atoms with Crippen LogP contribution in [0.5, 0.6) is 0 Å². The number of hydrogen-bond acceptors (Lipinski definition) is 6. The standard InChI is InChI=1S/C27H36N6O3/c1-15-7-16(2)30-25(35)20(15)11-28-24(34)19-8-22(17-9-26(3,4)32-27(5,6)10-17)31-23-21(19)12-29-33(23)18-13-36-14-18/h7-8,12,17-18,32H,9-11,13-14H2,1-6H3,(H,28,34)(H,30,35). The number of hydrogen-bond donors (Lipinski definition) is 3. The zero-order chi connectivity index (χ0) is 25.8. The number of carbonyl (C=O) groups excluding carboxylic acids is 1. The lowest BCUT2D eigenvalue weighted by Crippen LogP contribution is -2.57. The first-order chi connectivity index (χ1) is 16.9. The van der Waals surface area contributed by atoms with Crippen molar-refractivity contribution in [3.63, 3.8) is 0 Å². The zero-order valence-corrected chi connectivity index (χ0v) is 22.0. The van der Waals surface area contributed by atoms with Crippen LogP contribution in [0.25, 0.3) is 11.0 Å². The van der Waals surface area contributed by atoms with Crippen molar-refractivity contribution >= 4 is 16.9 Å². The molecule has 0 unspecified atom stereocenters. The first-order valence-electron chi connectivity index (χ1n) is 12.7. The predicted octanol–water partition coefficient (Wildman–Crippen LogP) is 3.26. The summed E-state index contributed by atoms with van der Waals surface area (Å²) in [5.41, 5.74) is 4.08. The minimum Gasteiger partial charge on any atom is -0.377 e. The summed E-state index contributed by atoms with van der Waals surface area (Å²) in [6.07, 6.45) is 3.54. The third-order valence-electron chi connectivity index (χ3n) is 7.33. The fraction of sp³-hybridized carbons (Fsp3) is 0.556. The molecule has 2 aliphatic heterocycles. The number of piperidine rings is 1. The van der Waals surface area contributed by atoms with Crippen molar-refractivity contribution < 1.29 is 9.53 Å². The Labute approximate surface area is 211 Å². The van der Waals surface area contributed by atoms with Crippen LogP contribution in [0.15, 0.2) is 23.1 Å². The third-order valence-corrected chi connectivity index (χ3v) is 7.33. The van der Waals surface area contributed by atoms with Gasteiger partial charge in [-0.05, 0) is 72.1 Å². The van der Waals surface area contributed by atoms with Crippen molar-refractivity contribution in [2.45, 2.75) is 84.0 Å². The molecule has 0 bridgehead atoms. The number of H-pyrrole nitrogens is 1. The summed E-state index contributed by atoms with van der Waals surface area (Å²) in [7, 11) is 0. The van der Waals surface area contributed by atoms with Crippen LogP contribution in [-0.2, 0) is 11.3 Å². The molecular weight excluding hydrogens is 456 g/mol. The fourth-order valence-corrected chi connectivity index (χ4v) is 5.96. The number of aromatic amines is 1. The number of nitrogens with one attached hydrogen (secondary N) is 3. The van der Waals surface area contributed by atoms with Gasteiger partial charge in [-0.2, -0.15) is 5.10 Å². The highest BCUT2D eigenvalue weighted by molar-refractivity contribution is 6.05. The quantitative estimate of drug-likeness (QED) is 0.504. The summed E-state index contributed by atoms with van der Waals surface area (Å²) in [4.78, 5) is 33.9. The number of aromatic nitrogens is 4. The Morgan fingerprint density at radius 2 is 1.86 bits per heavy atom. The van der Waals surface area contributed by atoms with Gasteiger partial charge in [-0.3, -0.25) is 9.59 Å². The van der Waals surface area contributed by atoms with Crippen molar-refractivity contribution in [3.8, 4) is 0 Å². The van der Waals surface area contributed by atoms with Gasteiger partial charge in [-0.15, -0.1) is 0 Å². The van der Waals surface area contributed by atoms with Gasteiger partial charge in [0.1, 0.15) is 6.04 Å². The highest BCUT2D eigenvalue weighted by Crippen LogP contribution is 2.39. The van der Waals surface area contributed by atoms with E-state index in [0.29, 0.717) is 35.4 Å². The van der Waals surface area contributed by atoms with Crippen molar-refractivity contribution in [1.82, 2.24) is 30.4 Å². The molecular formula is C27H36N6O3. The molecule has 2 fully saturated rings. The number of aryl methyl sites for hydroxylation is 2. The van der Waals surface area contributed by atoms with Crippen LogP contribution in [0, 0.1) is 13.8 Å². The molecule has 2 aliphatic rings. The van der Waals surface area contributed by atoms with Gasteiger partial charge in [-0.25, -0.2) is 9.67 Å². The molecule has 1 amide bonds. The zero-order valence-electron chi connectivity index (χ0n) is 22.0. The van der Waals surface area contributed by atoms with Crippen LogP contribution in [0.1, 0.15) is 85.4 Å². The van der Waals surface area contributed by atoms with E-state index in [1.165, 1.54) is 0 Å². The maximum Gasteiger partial charge on any atom is 0.253 e. The predicted molar refractivity (Wildman–Crippen MR) is 138 cm³/mol. The van der Waals surface area contributed by atoms with Crippen LogP contribution in [-0.4, -0.2) is 49.9 Å². The molecule has 9 heteroatoms. The first-order valence-corrected chi connectivity index (χ1v) is 12.7. The first kappa shape index (κ1) is 24.6. The highest BCUT2D eigenvalue weighted by Gasteiger charge is 2.39. The molecule has 0 saturated carbocycles. The molecule has 9 nitrogen and oxygen atoms in total. The number of rotatable bonds is 5. The monoisotopic (exact) mass is 492 g/mol. The van der Waals surface area contributed by atoms with Gasteiger partial charge in [0.15, 0.2) is 5.65 Å². The van der Waals surface area contributed by atoms with Gasteiger partial charge >= 0.3 is 0 Å². The van der Waals surface area contributed by atoms with E-state index < -0.39 is 0 Å². The molecule has 3 aromatic rings. The Balaban J connectivity index is 1.53. The summed E-state index contributed by atoms with van der Waals surface area (Å²) in [6.45, 7) is 13.9. The minimum atomic E-state index is -0.236. The van der Waals surface area contributed by atoms with Gasteiger partial charge in [0.25, 0.3) is 11.5 Å². The fourth-order valence-electron chi connectivity index (χ4n) is 5.96. The van der Waals surface area contributed by atoms with Gasteiger partial charge in [0.05, 0.1) is 30.4 Å². The Morgan fingerprint density at radius 3 is 2.47 bits per heavy atom. The van der Waals surface area contributed by atoms with E-state index >= 15 is 0 Å². The third kappa shape index (κ3) is 4.69. The van der Waals surface area contributed by atoms with Crippen LogP contribution in [0.4, 0.5) is 0 Å². The Bertz CT molecular complexity index is 1370. The molecule has 3 N–H and O–H groups in total. The lowest BCUT2D eigenvalue weighted by molar-refractivity contribution is -0.0269. The van der Waals surface area contributed by atoms with Gasteiger partial charge in [-0.1, -0.05) is 0 Å². The van der Waals surface area contributed by atoms with Crippen molar-refractivity contribution in [1.29, 1.82) is 0 Å². The van der Waals surface area contributed by atoms with Gasteiger partial charge in [0.2, 0.25) is 0 Å². The summed E-state index contributed by atoms with van der Waals surface area (Å²) in [5.74, 6) is -0.0460. The second-order valence-corrected chi connectivity index (χ2v) is 11.7. The smallest absolute Gasteiger partial charge is 0.253 e. The molecule has 2 saturated heterocycles. The normalized spacial score (nSPS) is 19.8. The van der Waals surface area contributed by atoms with E-state index in [4.69, 9.17) is 9.72 Å². The van der Waals surface area contributed by atoms with Gasteiger partial charge < -0.3 is 20.4 Å². The Morgan fingerprint density at radius 1 is 1.17 bits per heavy atom. The molecule has 0 aromatic carbocycles. The second kappa shape index (κ2) is 8.81. The number of pyridine rings is 2. The highest BCUT2D eigenvalue weighted by atomic mass is 16.5. The van der Waals surface area contributed by atoms with Crippen LogP contribution in [0.2, 0.25) is 0 Å². The lowest BCUT2D eigenvalue weighted by atomic mass is 9.74. The maximum atomic E-state index is 13.5. The molecule has 36 heavy (non-hydrogen) atoms. The molecule has 3 aromatic heterocycles. The molecule has 0 radical (unpaired) electrons. The topological polar surface area (TPSA) is 114 Å². The number of fused-ring (bicyclic) bond motifs is 1. The van der Waals surface area contributed by atoms with Crippen molar-refractivity contribution in [2.75, 3.05) is 13.2 Å². The SMILES string of the molecule is Cc1cc(C)c(CNC(=O)c2cc(C3CC(C)(C)NC(C)(C)C3)nc3c2cnn3C2COC2)c(=O)[nH]1. The summed E-state index contributed by atoms with van der Waals surface area (Å²) in [5, 5.41) is 12.0. The van der Waals surface area contributed by atoms with Crippen LogP contribution < -0.4 is 16.2 Å². The summed E-state index contributed by atoms with van der Waals surface area (Å²) >= 11 is 0. The Hall–Kier alpha value is -3.04. The van der Waals surface area contributed by atoms with Crippen molar-refractivity contribution in [3.05, 3.63) is 56.8 Å². The molecule has 5 heterocycles. The number of ether oxygens (including phenoxy) is 1. The van der Waals surface area contributed by atoms with E-state index in [2.05, 4.69) is 48.4 Å². The number of carbonyl (C=O) groups is 1. The van der Waals surface area contributed by atoms with Gasteiger partial charge in [0, 0.05) is 40.5 Å². The average molecular weight is 493 g/mol. The molecule has 5 rings (SSSR count). The molecule has 0 atom stereocenters. The van der Waals surface area contributed by atoms with E-state index in [0.717, 1.165) is 29.8 Å². The van der Waals surface area contributed by atoms with Crippen LogP contribution >= 0.6 is 0 Å². The largest absolute Gasteiger partial charge is 0.377 e. The number of amides is 1. The maximum absolute atomic E-state index is 13.5. The minimum absolute atomic E-state index is 0.0580.